The summed E-state index contributed by atoms with van der Waals surface area (Å²) in [6, 6.07) is 5.57. The summed E-state index contributed by atoms with van der Waals surface area (Å²) in [5.41, 5.74) is 0.843. The molecule has 3 rings (SSSR count). The highest BCUT2D eigenvalue weighted by Gasteiger charge is 2.15. The van der Waals surface area contributed by atoms with Crippen LogP contribution in [-0.2, 0) is 5.75 Å². The van der Waals surface area contributed by atoms with E-state index in [2.05, 4.69) is 9.97 Å². The number of rotatable bonds is 5. The Morgan fingerprint density at radius 1 is 1.11 bits per heavy atom. The van der Waals surface area contributed by atoms with Gasteiger partial charge in [-0.2, -0.15) is 0 Å². The van der Waals surface area contributed by atoms with Crippen LogP contribution in [0.5, 0.6) is 5.75 Å². The molecule has 6 nitrogen and oxygen atoms in total. The minimum atomic E-state index is -1.19. The first-order valence-corrected chi connectivity index (χ1v) is 9.04. The van der Waals surface area contributed by atoms with Crippen LogP contribution < -0.4 is 10.2 Å². The number of esters is 1. The van der Waals surface area contributed by atoms with E-state index in [1.807, 2.05) is 19.9 Å². The zero-order valence-electron chi connectivity index (χ0n) is 14.9. The molecular weight excluding hydrogens is 390 g/mol. The van der Waals surface area contributed by atoms with Gasteiger partial charge in [-0.15, -0.1) is 0 Å². The molecule has 0 aliphatic rings. The maximum Gasteiger partial charge on any atom is 0.343 e. The second kappa shape index (κ2) is 8.30. The van der Waals surface area contributed by atoms with Crippen molar-refractivity contribution in [1.82, 2.24) is 9.97 Å². The maximum absolute atomic E-state index is 13.2. The standard InChI is InChI=1S/C19H14F2N2O4S/c1-10-5-11(2)23-19(22-10)28-9-13-7-16(24)17(8-26-13)27-18(25)12-3-4-14(20)15(21)6-12/h3-8H,9H2,1-2H3. The van der Waals surface area contributed by atoms with E-state index in [9.17, 15) is 18.4 Å². The number of ether oxygens (including phenoxy) is 1. The molecule has 144 valence electrons. The number of benzene rings is 1. The van der Waals surface area contributed by atoms with E-state index in [1.165, 1.54) is 17.8 Å². The third-order valence-electron chi connectivity index (χ3n) is 3.52. The Hall–Kier alpha value is -3.07. The van der Waals surface area contributed by atoms with Gasteiger partial charge in [-0.25, -0.2) is 23.5 Å². The molecule has 0 aliphatic carbocycles. The van der Waals surface area contributed by atoms with Crippen molar-refractivity contribution in [3.8, 4) is 5.75 Å². The summed E-state index contributed by atoms with van der Waals surface area (Å²) in [4.78, 5) is 32.7. The highest BCUT2D eigenvalue weighted by molar-refractivity contribution is 7.98. The summed E-state index contributed by atoms with van der Waals surface area (Å²) >= 11 is 1.29. The molecule has 0 radical (unpaired) electrons. The maximum atomic E-state index is 13.2. The monoisotopic (exact) mass is 404 g/mol. The molecule has 0 spiro atoms. The second-order valence-corrected chi connectivity index (χ2v) is 6.76. The lowest BCUT2D eigenvalue weighted by molar-refractivity contribution is 0.0728. The zero-order chi connectivity index (χ0) is 20.3. The summed E-state index contributed by atoms with van der Waals surface area (Å²) in [6.45, 7) is 3.71. The smallest absolute Gasteiger partial charge is 0.343 e. The summed E-state index contributed by atoms with van der Waals surface area (Å²) in [5, 5.41) is 0.550. The molecule has 0 atom stereocenters. The van der Waals surface area contributed by atoms with Gasteiger partial charge in [0.05, 0.1) is 11.3 Å². The Morgan fingerprint density at radius 3 is 2.46 bits per heavy atom. The van der Waals surface area contributed by atoms with Gasteiger partial charge in [-0.3, -0.25) is 4.79 Å². The third-order valence-corrected chi connectivity index (χ3v) is 4.39. The molecule has 0 saturated carbocycles. The molecule has 0 saturated heterocycles. The van der Waals surface area contributed by atoms with Crippen molar-refractivity contribution in [2.24, 2.45) is 0 Å². The first-order valence-electron chi connectivity index (χ1n) is 8.06. The number of aromatic nitrogens is 2. The van der Waals surface area contributed by atoms with Crippen LogP contribution in [0.25, 0.3) is 0 Å². The van der Waals surface area contributed by atoms with Crippen molar-refractivity contribution < 1.29 is 22.7 Å². The Bertz CT molecular complexity index is 1080. The molecule has 0 unspecified atom stereocenters. The molecule has 2 heterocycles. The molecular formula is C19H14F2N2O4S. The average molecular weight is 404 g/mol. The quantitative estimate of drug-likeness (QED) is 0.363. The number of carbonyl (C=O) groups is 1. The van der Waals surface area contributed by atoms with Gasteiger partial charge >= 0.3 is 5.97 Å². The lowest BCUT2D eigenvalue weighted by Gasteiger charge is -2.05. The highest BCUT2D eigenvalue weighted by Crippen LogP contribution is 2.20. The number of aryl methyl sites for hydroxylation is 2. The molecule has 0 amide bonds. The van der Waals surface area contributed by atoms with Gasteiger partial charge in [0, 0.05) is 17.5 Å². The number of halogens is 2. The summed E-state index contributed by atoms with van der Waals surface area (Å²) in [7, 11) is 0. The number of carbonyl (C=O) groups excluding carboxylic acids is 1. The van der Waals surface area contributed by atoms with Gasteiger partial charge < -0.3 is 9.15 Å². The molecule has 28 heavy (non-hydrogen) atoms. The van der Waals surface area contributed by atoms with Gasteiger partial charge in [0.15, 0.2) is 16.8 Å². The predicted octanol–water partition coefficient (Wildman–Crippen LogP) is 3.84. The highest BCUT2D eigenvalue weighted by atomic mass is 32.2. The van der Waals surface area contributed by atoms with Gasteiger partial charge in [0.25, 0.3) is 0 Å². The molecule has 9 heteroatoms. The Balaban J connectivity index is 1.69. The van der Waals surface area contributed by atoms with Gasteiger partial charge in [0.1, 0.15) is 12.0 Å². The lowest BCUT2D eigenvalue weighted by Crippen LogP contribution is -2.15. The fourth-order valence-electron chi connectivity index (χ4n) is 2.26. The Labute approximate surface area is 162 Å². The van der Waals surface area contributed by atoms with Crippen LogP contribution in [0.4, 0.5) is 8.78 Å². The van der Waals surface area contributed by atoms with Gasteiger partial charge in [0.2, 0.25) is 11.2 Å². The molecule has 0 bridgehead atoms. The van der Waals surface area contributed by atoms with E-state index in [4.69, 9.17) is 9.15 Å². The second-order valence-electron chi connectivity index (χ2n) is 5.82. The van der Waals surface area contributed by atoms with Crippen LogP contribution in [0, 0.1) is 25.5 Å². The molecule has 0 aliphatic heterocycles. The molecule has 3 aromatic rings. The van der Waals surface area contributed by atoms with Gasteiger partial charge in [-0.05, 0) is 38.1 Å². The van der Waals surface area contributed by atoms with Crippen LogP contribution in [0.3, 0.4) is 0 Å². The van der Waals surface area contributed by atoms with Crippen LogP contribution in [0.2, 0.25) is 0 Å². The average Bonchev–Trinajstić information content (AvgIpc) is 2.63. The van der Waals surface area contributed by atoms with E-state index in [0.717, 1.165) is 29.8 Å². The third kappa shape index (κ3) is 4.80. The van der Waals surface area contributed by atoms with Crippen molar-refractivity contribution >= 4 is 17.7 Å². The minimum Gasteiger partial charge on any atom is -0.464 e. The van der Waals surface area contributed by atoms with Crippen molar-refractivity contribution in [3.63, 3.8) is 0 Å². The summed E-state index contributed by atoms with van der Waals surface area (Å²) in [5.74, 6) is -3.00. The van der Waals surface area contributed by atoms with Crippen molar-refractivity contribution in [2.45, 2.75) is 24.8 Å². The summed E-state index contributed by atoms with van der Waals surface area (Å²) < 4.78 is 36.4. The minimum absolute atomic E-state index is 0.232. The SMILES string of the molecule is Cc1cc(C)nc(SCc2cc(=O)c(OC(=O)c3ccc(F)c(F)c3)co2)n1. The van der Waals surface area contributed by atoms with Crippen LogP contribution in [-0.4, -0.2) is 15.9 Å². The van der Waals surface area contributed by atoms with Crippen molar-refractivity contribution in [3.05, 3.63) is 81.2 Å². The normalized spacial score (nSPS) is 10.7. The van der Waals surface area contributed by atoms with Crippen molar-refractivity contribution in [2.75, 3.05) is 0 Å². The fraction of sp³-hybridized carbons (Fsp3) is 0.158. The first-order chi connectivity index (χ1) is 13.3. The van der Waals surface area contributed by atoms with E-state index < -0.39 is 23.0 Å². The number of hydrogen-bond donors (Lipinski definition) is 0. The number of thioether (sulfide) groups is 1. The van der Waals surface area contributed by atoms with Gasteiger partial charge in [-0.1, -0.05) is 11.8 Å². The Kier molecular flexibility index (Phi) is 5.84. The zero-order valence-corrected chi connectivity index (χ0v) is 15.7. The van der Waals surface area contributed by atoms with E-state index in [0.29, 0.717) is 22.7 Å². The van der Waals surface area contributed by atoms with Crippen LogP contribution in [0.1, 0.15) is 27.5 Å². The number of nitrogens with zero attached hydrogens (tertiary/aromatic N) is 2. The molecule has 2 aromatic heterocycles. The Morgan fingerprint density at radius 2 is 1.82 bits per heavy atom. The molecule has 1 aromatic carbocycles. The predicted molar refractivity (Wildman–Crippen MR) is 97.4 cm³/mol. The van der Waals surface area contributed by atoms with E-state index in [-0.39, 0.29) is 11.3 Å². The van der Waals surface area contributed by atoms with Crippen LogP contribution >= 0.6 is 11.8 Å². The summed E-state index contributed by atoms with van der Waals surface area (Å²) in [6.07, 6.45) is 0.998. The molecule has 0 fully saturated rings. The largest absolute Gasteiger partial charge is 0.464 e. The first kappa shape index (κ1) is 19.7. The fourth-order valence-corrected chi connectivity index (χ4v) is 3.10. The lowest BCUT2D eigenvalue weighted by atomic mass is 10.2. The number of hydrogen-bond acceptors (Lipinski definition) is 7. The topological polar surface area (TPSA) is 82.3 Å². The van der Waals surface area contributed by atoms with Crippen LogP contribution in [0.15, 0.2) is 51.0 Å². The molecule has 0 N–H and O–H groups in total. The van der Waals surface area contributed by atoms with Crippen molar-refractivity contribution in [1.29, 1.82) is 0 Å². The van der Waals surface area contributed by atoms with E-state index >= 15 is 0 Å². The van der Waals surface area contributed by atoms with E-state index in [1.54, 1.807) is 0 Å².